The second-order valence-electron chi connectivity index (χ2n) is 5.58. The van der Waals surface area contributed by atoms with E-state index in [-0.39, 0.29) is 12.5 Å². The number of likely N-dealkylation sites (N-methyl/N-ethyl adjacent to an activating group) is 1. The number of H-pyrrole nitrogens is 1. The van der Waals surface area contributed by atoms with Gasteiger partial charge in [-0.05, 0) is 17.7 Å². The van der Waals surface area contributed by atoms with E-state index in [9.17, 15) is 9.59 Å². The largest absolute Gasteiger partial charge is 0.451 e. The van der Waals surface area contributed by atoms with Crippen molar-refractivity contribution in [3.05, 3.63) is 71.9 Å². The standard InChI is InChI=1S/C19H18N2O3/c1-21(12-14-7-3-2-4-8-14)18(22)13-24-19(23)17-11-15-9-5-6-10-16(15)20-17/h2-11,20H,12-13H2,1H3. The first-order valence-corrected chi connectivity index (χ1v) is 7.66. The molecule has 2 aromatic carbocycles. The predicted molar refractivity (Wildman–Crippen MR) is 91.5 cm³/mol. The Labute approximate surface area is 139 Å². The molecule has 0 aliphatic rings. The van der Waals surface area contributed by atoms with E-state index in [4.69, 9.17) is 4.74 Å². The Morgan fingerprint density at radius 1 is 1.04 bits per heavy atom. The first kappa shape index (κ1) is 15.8. The summed E-state index contributed by atoms with van der Waals surface area (Å²) in [5, 5.41) is 0.928. The molecule has 5 heteroatoms. The van der Waals surface area contributed by atoms with Gasteiger partial charge in [-0.25, -0.2) is 4.79 Å². The third kappa shape index (κ3) is 3.63. The summed E-state index contributed by atoms with van der Waals surface area (Å²) in [6.07, 6.45) is 0. The van der Waals surface area contributed by atoms with Crippen LogP contribution < -0.4 is 0 Å². The number of nitrogens with one attached hydrogen (secondary N) is 1. The molecular formula is C19H18N2O3. The van der Waals surface area contributed by atoms with Crippen LogP contribution in [0.2, 0.25) is 0 Å². The fraction of sp³-hybridized carbons (Fsp3) is 0.158. The number of fused-ring (bicyclic) bond motifs is 1. The zero-order chi connectivity index (χ0) is 16.9. The van der Waals surface area contributed by atoms with Gasteiger partial charge in [-0.2, -0.15) is 0 Å². The predicted octanol–water partition coefficient (Wildman–Crippen LogP) is 2.98. The molecule has 1 N–H and O–H groups in total. The fourth-order valence-electron chi connectivity index (χ4n) is 2.44. The van der Waals surface area contributed by atoms with Gasteiger partial charge in [-0.1, -0.05) is 48.5 Å². The number of nitrogens with zero attached hydrogens (tertiary/aromatic N) is 1. The minimum absolute atomic E-state index is 0.247. The Morgan fingerprint density at radius 3 is 2.50 bits per heavy atom. The van der Waals surface area contributed by atoms with Crippen LogP contribution >= 0.6 is 0 Å². The van der Waals surface area contributed by atoms with Crippen molar-refractivity contribution < 1.29 is 14.3 Å². The van der Waals surface area contributed by atoms with Crippen LogP contribution in [0.15, 0.2) is 60.7 Å². The zero-order valence-electron chi connectivity index (χ0n) is 13.4. The summed E-state index contributed by atoms with van der Waals surface area (Å²) in [4.78, 5) is 28.7. The quantitative estimate of drug-likeness (QED) is 0.735. The van der Waals surface area contributed by atoms with Gasteiger partial charge in [-0.15, -0.1) is 0 Å². The maximum atomic E-state index is 12.1. The van der Waals surface area contributed by atoms with Crippen LogP contribution in [-0.4, -0.2) is 35.4 Å². The minimum atomic E-state index is -0.535. The molecule has 0 bridgehead atoms. The fourth-order valence-corrected chi connectivity index (χ4v) is 2.44. The lowest BCUT2D eigenvalue weighted by molar-refractivity contribution is -0.133. The Morgan fingerprint density at radius 2 is 1.75 bits per heavy atom. The van der Waals surface area contributed by atoms with Crippen molar-refractivity contribution in [2.24, 2.45) is 0 Å². The lowest BCUT2D eigenvalue weighted by atomic mass is 10.2. The van der Waals surface area contributed by atoms with Crippen LogP contribution in [0.5, 0.6) is 0 Å². The number of carbonyl (C=O) groups excluding carboxylic acids is 2. The smallest absolute Gasteiger partial charge is 0.355 e. The van der Waals surface area contributed by atoms with E-state index < -0.39 is 5.97 Å². The van der Waals surface area contributed by atoms with Gasteiger partial charge in [0.05, 0.1) is 0 Å². The van der Waals surface area contributed by atoms with E-state index in [1.54, 1.807) is 13.1 Å². The van der Waals surface area contributed by atoms with E-state index in [0.717, 1.165) is 16.5 Å². The van der Waals surface area contributed by atoms with Gasteiger partial charge >= 0.3 is 5.97 Å². The number of amides is 1. The third-order valence-corrected chi connectivity index (χ3v) is 3.76. The number of ether oxygens (including phenoxy) is 1. The summed E-state index contributed by atoms with van der Waals surface area (Å²) < 4.78 is 5.12. The highest BCUT2D eigenvalue weighted by Gasteiger charge is 2.15. The number of hydrogen-bond acceptors (Lipinski definition) is 3. The van der Waals surface area contributed by atoms with Crippen molar-refractivity contribution in [1.29, 1.82) is 0 Å². The molecule has 24 heavy (non-hydrogen) atoms. The Kier molecular flexibility index (Phi) is 4.61. The lowest BCUT2D eigenvalue weighted by Crippen LogP contribution is -2.30. The Balaban J connectivity index is 1.56. The summed E-state index contributed by atoms with van der Waals surface area (Å²) in [7, 11) is 1.69. The summed E-state index contributed by atoms with van der Waals surface area (Å²) >= 11 is 0. The van der Waals surface area contributed by atoms with E-state index in [1.807, 2.05) is 54.6 Å². The molecule has 1 aromatic heterocycles. The first-order valence-electron chi connectivity index (χ1n) is 7.66. The maximum Gasteiger partial charge on any atom is 0.355 e. The highest BCUT2D eigenvalue weighted by molar-refractivity contribution is 5.95. The first-order chi connectivity index (χ1) is 11.6. The monoisotopic (exact) mass is 322 g/mol. The molecule has 3 rings (SSSR count). The highest BCUT2D eigenvalue weighted by Crippen LogP contribution is 2.15. The number of hydrogen-bond donors (Lipinski definition) is 1. The normalized spacial score (nSPS) is 10.5. The van der Waals surface area contributed by atoms with Crippen molar-refractivity contribution >= 4 is 22.8 Å². The molecule has 0 aliphatic heterocycles. The minimum Gasteiger partial charge on any atom is -0.451 e. The molecule has 5 nitrogen and oxygen atoms in total. The number of carbonyl (C=O) groups is 2. The van der Waals surface area contributed by atoms with E-state index in [2.05, 4.69) is 4.98 Å². The molecular weight excluding hydrogens is 304 g/mol. The van der Waals surface area contributed by atoms with Crippen LogP contribution in [0.4, 0.5) is 0 Å². The van der Waals surface area contributed by atoms with Gasteiger partial charge in [-0.3, -0.25) is 4.79 Å². The number of rotatable bonds is 5. The van der Waals surface area contributed by atoms with Gasteiger partial charge in [0.2, 0.25) is 0 Å². The molecule has 0 unspecified atom stereocenters. The highest BCUT2D eigenvalue weighted by atomic mass is 16.5. The van der Waals surface area contributed by atoms with Crippen molar-refractivity contribution in [2.75, 3.05) is 13.7 Å². The van der Waals surface area contributed by atoms with Crippen LogP contribution in [0.25, 0.3) is 10.9 Å². The van der Waals surface area contributed by atoms with E-state index in [1.165, 1.54) is 4.90 Å². The molecule has 0 spiro atoms. The van der Waals surface area contributed by atoms with Crippen molar-refractivity contribution in [1.82, 2.24) is 9.88 Å². The van der Waals surface area contributed by atoms with Gasteiger partial charge in [0.15, 0.2) is 6.61 Å². The molecule has 0 fully saturated rings. The molecule has 0 radical (unpaired) electrons. The molecule has 0 saturated carbocycles. The van der Waals surface area contributed by atoms with Crippen molar-refractivity contribution in [2.45, 2.75) is 6.54 Å². The third-order valence-electron chi connectivity index (χ3n) is 3.76. The molecule has 0 atom stereocenters. The summed E-state index contributed by atoms with van der Waals surface area (Å²) in [6.45, 7) is 0.196. The van der Waals surface area contributed by atoms with Crippen LogP contribution in [0.3, 0.4) is 0 Å². The number of aromatic nitrogens is 1. The van der Waals surface area contributed by atoms with Crippen molar-refractivity contribution in [3.63, 3.8) is 0 Å². The number of benzene rings is 2. The van der Waals surface area contributed by atoms with Gasteiger partial charge in [0.25, 0.3) is 5.91 Å². The molecule has 1 heterocycles. The number of esters is 1. The second kappa shape index (κ2) is 7.00. The zero-order valence-corrected chi connectivity index (χ0v) is 13.4. The molecule has 3 aromatic rings. The van der Waals surface area contributed by atoms with Crippen molar-refractivity contribution in [3.8, 4) is 0 Å². The molecule has 1 amide bonds. The van der Waals surface area contributed by atoms with E-state index in [0.29, 0.717) is 12.2 Å². The lowest BCUT2D eigenvalue weighted by Gasteiger charge is -2.17. The van der Waals surface area contributed by atoms with Gasteiger partial charge in [0.1, 0.15) is 5.69 Å². The molecule has 122 valence electrons. The van der Waals surface area contributed by atoms with Crippen LogP contribution in [-0.2, 0) is 16.1 Å². The summed E-state index contributed by atoms with van der Waals surface area (Å²) in [5.74, 6) is -0.782. The molecule has 0 saturated heterocycles. The summed E-state index contributed by atoms with van der Waals surface area (Å²) in [5.41, 5.74) is 2.22. The Bertz CT molecular complexity index is 822. The van der Waals surface area contributed by atoms with E-state index >= 15 is 0 Å². The topological polar surface area (TPSA) is 62.4 Å². The number of para-hydroxylation sites is 1. The Hall–Kier alpha value is -3.08. The number of aromatic amines is 1. The summed E-state index contributed by atoms with van der Waals surface area (Å²) in [6, 6.07) is 18.9. The maximum absolute atomic E-state index is 12.1. The average molecular weight is 322 g/mol. The second-order valence-corrected chi connectivity index (χ2v) is 5.58. The van der Waals surface area contributed by atoms with Gasteiger partial charge < -0.3 is 14.6 Å². The van der Waals surface area contributed by atoms with Crippen LogP contribution in [0, 0.1) is 0 Å². The molecule has 0 aliphatic carbocycles. The average Bonchev–Trinajstić information content (AvgIpc) is 3.04. The van der Waals surface area contributed by atoms with Gasteiger partial charge in [0, 0.05) is 24.5 Å². The van der Waals surface area contributed by atoms with Crippen LogP contribution in [0.1, 0.15) is 16.1 Å². The SMILES string of the molecule is CN(Cc1ccccc1)C(=O)COC(=O)c1cc2ccccc2[nH]1.